The van der Waals surface area contributed by atoms with Gasteiger partial charge in [-0.15, -0.1) is 0 Å². The van der Waals surface area contributed by atoms with Crippen LogP contribution in [0.2, 0.25) is 0 Å². The zero-order valence-electron chi connectivity index (χ0n) is 24.5. The van der Waals surface area contributed by atoms with Crippen molar-refractivity contribution in [3.8, 4) is 0 Å². The molecule has 0 bridgehead atoms. The molecule has 2 N–H and O–H groups in total. The van der Waals surface area contributed by atoms with Crippen LogP contribution in [0.15, 0.2) is 23.1 Å². The lowest BCUT2D eigenvalue weighted by molar-refractivity contribution is -0.213. The SMILES string of the molecule is COC[C@H](c1cnn2cc([C@@H](NC(=O)c3nonc3C3CC3)C(=S)CCC(C)(C)C(F)(F)F)nc2c1)N1CC(F)(F)CNC1=O. The summed E-state index contributed by atoms with van der Waals surface area (Å²) >= 11 is 5.57. The van der Waals surface area contributed by atoms with E-state index in [4.69, 9.17) is 21.6 Å². The Bertz CT molecular complexity index is 1590. The van der Waals surface area contributed by atoms with Gasteiger partial charge in [0.25, 0.3) is 11.8 Å². The standard InChI is InChI=1S/C27H31F5N8O4S/c1-25(2,27(30,31)32)7-6-18(45)21(36-23(41)22-20(14-4-5-14)37-44-38-22)16-10-40-19(35-16)8-15(9-34-40)17(11-43-3)39-13-26(28,29)12-33-24(39)42/h8-10,14,17,21H,4-7,11-13H2,1-3H3,(H,33,42)(H,36,41)/t17-,21-/m1/s1. The smallest absolute Gasteiger partial charge is 0.382 e. The molecule has 3 aromatic rings. The van der Waals surface area contributed by atoms with Crippen molar-refractivity contribution in [1.29, 1.82) is 0 Å². The molecule has 0 spiro atoms. The largest absolute Gasteiger partial charge is 0.393 e. The quantitative estimate of drug-likeness (QED) is 0.212. The fourth-order valence-corrected chi connectivity index (χ4v) is 5.19. The molecule has 3 amide bonds. The first-order valence-corrected chi connectivity index (χ1v) is 14.5. The molecule has 12 nitrogen and oxygen atoms in total. The van der Waals surface area contributed by atoms with Crippen molar-refractivity contribution < 1.29 is 40.9 Å². The number of urea groups is 1. The first-order chi connectivity index (χ1) is 21.1. The van der Waals surface area contributed by atoms with Gasteiger partial charge in [0.1, 0.15) is 11.7 Å². The Morgan fingerprint density at radius 1 is 1.29 bits per heavy atom. The van der Waals surface area contributed by atoms with Crippen LogP contribution in [0.4, 0.5) is 26.7 Å². The number of halogens is 5. The zero-order valence-corrected chi connectivity index (χ0v) is 25.3. The molecule has 2 atom stereocenters. The number of rotatable bonds is 12. The van der Waals surface area contributed by atoms with Crippen LogP contribution in [0.3, 0.4) is 0 Å². The van der Waals surface area contributed by atoms with E-state index in [1.807, 2.05) is 0 Å². The summed E-state index contributed by atoms with van der Waals surface area (Å²) in [4.78, 5) is 31.4. The second-order valence-corrected chi connectivity index (χ2v) is 12.4. The molecule has 0 unspecified atom stereocenters. The lowest BCUT2D eigenvalue weighted by atomic mass is 9.85. The van der Waals surface area contributed by atoms with E-state index in [9.17, 15) is 31.5 Å². The maximum Gasteiger partial charge on any atom is 0.393 e. The number of nitrogens with zero attached hydrogens (tertiary/aromatic N) is 6. The minimum atomic E-state index is -4.48. The highest BCUT2D eigenvalue weighted by atomic mass is 32.1. The molecule has 0 aromatic carbocycles. The van der Waals surface area contributed by atoms with Crippen LogP contribution < -0.4 is 10.6 Å². The van der Waals surface area contributed by atoms with Crippen LogP contribution in [0, 0.1) is 5.41 Å². The summed E-state index contributed by atoms with van der Waals surface area (Å²) < 4.78 is 80.5. The van der Waals surface area contributed by atoms with Crippen LogP contribution >= 0.6 is 12.2 Å². The monoisotopic (exact) mass is 658 g/mol. The number of ether oxygens (including phenoxy) is 1. The highest BCUT2D eigenvalue weighted by Crippen LogP contribution is 2.42. The predicted molar refractivity (Wildman–Crippen MR) is 151 cm³/mol. The van der Waals surface area contributed by atoms with Gasteiger partial charge in [0.2, 0.25) is 0 Å². The molecule has 1 aliphatic heterocycles. The van der Waals surface area contributed by atoms with Crippen LogP contribution in [0.1, 0.15) is 85.0 Å². The van der Waals surface area contributed by atoms with E-state index >= 15 is 0 Å². The number of carbonyl (C=O) groups is 2. The van der Waals surface area contributed by atoms with Crippen molar-refractivity contribution in [2.45, 2.75) is 69.6 Å². The van der Waals surface area contributed by atoms with Gasteiger partial charge in [-0.25, -0.2) is 27.7 Å². The minimum absolute atomic E-state index is 0.0229. The Balaban J connectivity index is 1.46. The number of imidazole rings is 1. The van der Waals surface area contributed by atoms with Crippen LogP contribution in [-0.2, 0) is 4.74 Å². The molecule has 0 radical (unpaired) electrons. The van der Waals surface area contributed by atoms with Gasteiger partial charge in [0, 0.05) is 23.5 Å². The van der Waals surface area contributed by atoms with Gasteiger partial charge in [-0.05, 0) is 36.9 Å². The first-order valence-electron chi connectivity index (χ1n) is 14.1. The van der Waals surface area contributed by atoms with E-state index in [1.165, 1.54) is 30.1 Å². The number of alkyl halides is 5. The van der Waals surface area contributed by atoms with Gasteiger partial charge in [0.05, 0.1) is 49.2 Å². The third-order valence-electron chi connectivity index (χ3n) is 7.96. The summed E-state index contributed by atoms with van der Waals surface area (Å²) in [5.41, 5.74) is -1.01. The van der Waals surface area contributed by atoms with E-state index in [2.05, 4.69) is 31.0 Å². The van der Waals surface area contributed by atoms with Crippen LogP contribution in [0.5, 0.6) is 0 Å². The molecule has 1 aliphatic carbocycles. The van der Waals surface area contributed by atoms with Gasteiger partial charge in [-0.3, -0.25) is 4.79 Å². The fraction of sp³-hybridized carbons (Fsp3) is 0.593. The Kier molecular flexibility index (Phi) is 8.82. The Hall–Kier alpha value is -3.80. The summed E-state index contributed by atoms with van der Waals surface area (Å²) in [5, 5.41) is 16.8. The van der Waals surface area contributed by atoms with Gasteiger partial charge in [-0.1, -0.05) is 31.2 Å². The fourth-order valence-electron chi connectivity index (χ4n) is 4.91. The summed E-state index contributed by atoms with van der Waals surface area (Å²) in [6, 6.07) is -1.26. The normalized spacial score (nSPS) is 18.5. The van der Waals surface area contributed by atoms with Crippen LogP contribution in [0.25, 0.3) is 5.65 Å². The molecule has 3 aromatic heterocycles. The third kappa shape index (κ3) is 7.05. The summed E-state index contributed by atoms with van der Waals surface area (Å²) in [6.45, 7) is 0.382. The third-order valence-corrected chi connectivity index (χ3v) is 8.40. The number of hydrogen-bond acceptors (Lipinski definition) is 9. The number of aromatic nitrogens is 5. The van der Waals surface area contributed by atoms with E-state index in [-0.39, 0.29) is 47.3 Å². The van der Waals surface area contributed by atoms with Crippen molar-refractivity contribution in [2.24, 2.45) is 5.41 Å². The number of nitrogens with one attached hydrogen (secondary N) is 2. The molecular formula is C27H31F5N8O4S. The number of methoxy groups -OCH3 is 1. The zero-order chi connectivity index (χ0) is 32.7. The van der Waals surface area contributed by atoms with Crippen molar-refractivity contribution in [3.05, 3.63) is 41.1 Å². The van der Waals surface area contributed by atoms with Crippen molar-refractivity contribution >= 4 is 34.7 Å². The molecule has 18 heteroatoms. The molecule has 2 fully saturated rings. The van der Waals surface area contributed by atoms with E-state index in [0.29, 0.717) is 11.3 Å². The molecule has 2 aliphatic rings. The summed E-state index contributed by atoms with van der Waals surface area (Å²) in [5.74, 6) is -3.84. The van der Waals surface area contributed by atoms with Crippen molar-refractivity contribution in [2.75, 3.05) is 26.8 Å². The van der Waals surface area contributed by atoms with E-state index in [1.54, 1.807) is 0 Å². The number of carbonyl (C=O) groups excluding carboxylic acids is 2. The van der Waals surface area contributed by atoms with Crippen molar-refractivity contribution in [1.82, 2.24) is 40.4 Å². The Morgan fingerprint density at radius 3 is 2.69 bits per heavy atom. The average molecular weight is 659 g/mol. The molecular weight excluding hydrogens is 627 g/mol. The highest BCUT2D eigenvalue weighted by Gasteiger charge is 2.47. The highest BCUT2D eigenvalue weighted by molar-refractivity contribution is 7.80. The summed E-state index contributed by atoms with van der Waals surface area (Å²) in [6.07, 6.45) is -0.583. The van der Waals surface area contributed by atoms with Gasteiger partial charge < -0.3 is 20.3 Å². The molecule has 4 heterocycles. The van der Waals surface area contributed by atoms with Gasteiger partial charge in [-0.2, -0.15) is 18.3 Å². The molecule has 5 rings (SSSR count). The Morgan fingerprint density at radius 2 is 2.02 bits per heavy atom. The van der Waals surface area contributed by atoms with E-state index < -0.39 is 54.6 Å². The second-order valence-electron chi connectivity index (χ2n) is 11.9. The average Bonchev–Trinajstić information content (AvgIpc) is 3.53. The van der Waals surface area contributed by atoms with Crippen LogP contribution in [-0.4, -0.2) is 85.5 Å². The lowest BCUT2D eigenvalue weighted by Crippen LogP contribution is -2.58. The minimum Gasteiger partial charge on any atom is -0.382 e. The number of thiocarbonyl (C=S) groups is 1. The number of fused-ring (bicyclic) bond motifs is 1. The number of hydrogen-bond donors (Lipinski definition) is 2. The molecule has 45 heavy (non-hydrogen) atoms. The Labute approximate surface area is 259 Å². The maximum atomic E-state index is 14.2. The second kappa shape index (κ2) is 12.2. The van der Waals surface area contributed by atoms with Gasteiger partial charge in [0.15, 0.2) is 11.3 Å². The molecule has 1 saturated heterocycles. The summed E-state index contributed by atoms with van der Waals surface area (Å²) in [7, 11) is 1.36. The van der Waals surface area contributed by atoms with Crippen molar-refractivity contribution in [3.63, 3.8) is 0 Å². The lowest BCUT2D eigenvalue weighted by Gasteiger charge is -2.38. The van der Waals surface area contributed by atoms with Gasteiger partial charge >= 0.3 is 12.2 Å². The first kappa shape index (κ1) is 32.6. The number of amides is 3. The predicted octanol–water partition coefficient (Wildman–Crippen LogP) is 4.55. The molecule has 1 saturated carbocycles. The maximum absolute atomic E-state index is 14.2. The van der Waals surface area contributed by atoms with E-state index in [0.717, 1.165) is 31.6 Å². The topological polar surface area (TPSA) is 140 Å². The molecule has 244 valence electrons.